The molecule has 2 atom stereocenters. The van der Waals surface area contributed by atoms with E-state index >= 15 is 0 Å². The Morgan fingerprint density at radius 3 is 2.38 bits per heavy atom. The number of unbranched alkanes of at least 4 members (excludes halogenated alkanes) is 8. The minimum atomic E-state index is -0.407. The highest BCUT2D eigenvalue weighted by molar-refractivity contribution is 5.98. The number of nitrogens with one attached hydrogen (secondary N) is 1. The zero-order valence-corrected chi connectivity index (χ0v) is 24.5. The quantitative estimate of drug-likeness (QED) is 0.180. The van der Waals surface area contributed by atoms with E-state index in [1.54, 1.807) is 6.34 Å². The standard InChI is InChI=1S/C33H48N4O2/c1-5-7-9-11-12-14-18-26(17-13-10-8-6-2)21-39-33-30-32(34-22-35-33)37(23-36-30)28-20-25(4)31(38)27-19-15-16-24(3)29(27)28/h15-16,19-20,22-23,26,33,38H,5-14,17-18,21H2,1-4H3,(H,34,35). The summed E-state index contributed by atoms with van der Waals surface area (Å²) in [6.07, 6.45) is 18.8. The number of fused-ring (bicyclic) bond motifs is 2. The Bertz CT molecular complexity index is 1230. The van der Waals surface area contributed by atoms with E-state index in [4.69, 9.17) is 9.72 Å². The number of phenols is 1. The summed E-state index contributed by atoms with van der Waals surface area (Å²) in [6, 6.07) is 8.07. The van der Waals surface area contributed by atoms with Crippen molar-refractivity contribution < 1.29 is 9.84 Å². The van der Waals surface area contributed by atoms with Crippen molar-refractivity contribution in [2.24, 2.45) is 10.9 Å². The summed E-state index contributed by atoms with van der Waals surface area (Å²) in [5.41, 5.74) is 3.75. The van der Waals surface area contributed by atoms with E-state index < -0.39 is 6.23 Å². The van der Waals surface area contributed by atoms with Gasteiger partial charge in [-0.05, 0) is 49.8 Å². The number of aromatic nitrogens is 2. The van der Waals surface area contributed by atoms with Gasteiger partial charge in [0.25, 0.3) is 0 Å². The molecule has 0 fully saturated rings. The highest BCUT2D eigenvalue weighted by Gasteiger charge is 2.26. The molecule has 0 spiro atoms. The van der Waals surface area contributed by atoms with E-state index in [0.717, 1.165) is 45.7 Å². The second-order valence-electron chi connectivity index (χ2n) is 11.3. The number of ether oxygens (including phenoxy) is 1. The van der Waals surface area contributed by atoms with Crippen LogP contribution in [0.3, 0.4) is 0 Å². The number of hydrogen-bond donors (Lipinski definition) is 2. The third kappa shape index (κ3) is 7.21. The number of rotatable bonds is 16. The molecule has 1 aromatic heterocycles. The Balaban J connectivity index is 1.48. The fourth-order valence-electron chi connectivity index (χ4n) is 5.79. The lowest BCUT2D eigenvalue weighted by molar-refractivity contribution is 0.0262. The van der Waals surface area contributed by atoms with Crippen molar-refractivity contribution >= 4 is 22.9 Å². The molecule has 3 aromatic rings. The number of benzene rings is 2. The highest BCUT2D eigenvalue weighted by Crippen LogP contribution is 2.38. The monoisotopic (exact) mass is 532 g/mol. The average Bonchev–Trinajstić information content (AvgIpc) is 3.38. The normalized spacial score (nSPS) is 15.4. The Morgan fingerprint density at radius 2 is 1.64 bits per heavy atom. The molecule has 6 nitrogen and oxygen atoms in total. The molecule has 0 amide bonds. The molecule has 0 bridgehead atoms. The SMILES string of the molecule is CCCCCCCCC(CCCCCC)COC1N=CNc2c1ncn2-c1cc(C)c(O)c2cccc(C)c12. The zero-order valence-electron chi connectivity index (χ0n) is 24.5. The van der Waals surface area contributed by atoms with E-state index in [-0.39, 0.29) is 0 Å². The summed E-state index contributed by atoms with van der Waals surface area (Å²) in [7, 11) is 0. The van der Waals surface area contributed by atoms with Crippen molar-refractivity contribution in [3.05, 3.63) is 47.4 Å². The number of aromatic hydroxyl groups is 1. The second kappa shape index (κ2) is 14.5. The van der Waals surface area contributed by atoms with Crippen LogP contribution in [0.25, 0.3) is 16.5 Å². The number of nitrogens with zero attached hydrogens (tertiary/aromatic N) is 3. The van der Waals surface area contributed by atoms with Crippen LogP contribution in [0.4, 0.5) is 5.82 Å². The average molecular weight is 533 g/mol. The number of hydrogen-bond acceptors (Lipinski definition) is 5. The summed E-state index contributed by atoms with van der Waals surface area (Å²) in [4.78, 5) is 9.40. The number of imidazole rings is 1. The van der Waals surface area contributed by atoms with Crippen LogP contribution < -0.4 is 5.32 Å². The van der Waals surface area contributed by atoms with Gasteiger partial charge in [-0.15, -0.1) is 0 Å². The maximum Gasteiger partial charge on any atom is 0.196 e. The molecule has 0 saturated heterocycles. The summed E-state index contributed by atoms with van der Waals surface area (Å²) in [5.74, 6) is 1.77. The van der Waals surface area contributed by atoms with E-state index in [2.05, 4.69) is 41.7 Å². The summed E-state index contributed by atoms with van der Waals surface area (Å²) >= 11 is 0. The number of phenolic OH excluding ortho intramolecular Hbond substituents is 1. The van der Waals surface area contributed by atoms with E-state index in [9.17, 15) is 5.11 Å². The molecule has 2 N–H and O–H groups in total. The van der Waals surface area contributed by atoms with Crippen LogP contribution in [-0.2, 0) is 4.74 Å². The van der Waals surface area contributed by atoms with Gasteiger partial charge >= 0.3 is 0 Å². The van der Waals surface area contributed by atoms with Crippen LogP contribution in [0, 0.1) is 19.8 Å². The van der Waals surface area contributed by atoms with Crippen molar-refractivity contribution in [3.8, 4) is 11.4 Å². The van der Waals surface area contributed by atoms with Crippen LogP contribution in [0.2, 0.25) is 0 Å². The third-order valence-electron chi connectivity index (χ3n) is 8.13. The predicted octanol–water partition coefficient (Wildman–Crippen LogP) is 9.15. The van der Waals surface area contributed by atoms with Gasteiger partial charge in [-0.3, -0.25) is 4.57 Å². The van der Waals surface area contributed by atoms with Gasteiger partial charge in [0, 0.05) is 10.8 Å². The Hall–Kier alpha value is -2.86. The molecule has 2 heterocycles. The van der Waals surface area contributed by atoms with Crippen LogP contribution >= 0.6 is 0 Å². The highest BCUT2D eigenvalue weighted by atomic mass is 16.5. The van der Waals surface area contributed by atoms with Crippen molar-refractivity contribution in [3.63, 3.8) is 0 Å². The van der Waals surface area contributed by atoms with E-state index in [1.165, 1.54) is 77.0 Å². The van der Waals surface area contributed by atoms with Crippen molar-refractivity contribution in [1.29, 1.82) is 0 Å². The first-order chi connectivity index (χ1) is 19.0. The van der Waals surface area contributed by atoms with Gasteiger partial charge in [-0.1, -0.05) is 96.3 Å². The first-order valence-electron chi connectivity index (χ1n) is 15.2. The van der Waals surface area contributed by atoms with Crippen molar-refractivity contribution in [2.75, 3.05) is 11.9 Å². The molecule has 0 aliphatic carbocycles. The van der Waals surface area contributed by atoms with Crippen LogP contribution in [-0.4, -0.2) is 27.6 Å². The maximum atomic E-state index is 10.7. The van der Waals surface area contributed by atoms with Crippen molar-refractivity contribution in [2.45, 2.75) is 111 Å². The fourth-order valence-corrected chi connectivity index (χ4v) is 5.79. The molecule has 6 heteroatoms. The fraction of sp³-hybridized carbons (Fsp3) is 0.576. The molecule has 2 aromatic carbocycles. The lowest BCUT2D eigenvalue weighted by atomic mass is 9.95. The summed E-state index contributed by atoms with van der Waals surface area (Å²) < 4.78 is 8.54. The van der Waals surface area contributed by atoms with Crippen LogP contribution in [0.5, 0.6) is 5.75 Å². The zero-order chi connectivity index (χ0) is 27.6. The summed E-state index contributed by atoms with van der Waals surface area (Å²) in [5, 5.41) is 15.9. The molecular formula is C33H48N4O2. The van der Waals surface area contributed by atoms with Gasteiger partial charge in [0.05, 0.1) is 18.6 Å². The van der Waals surface area contributed by atoms with Crippen molar-refractivity contribution in [1.82, 2.24) is 9.55 Å². The predicted molar refractivity (Wildman–Crippen MR) is 163 cm³/mol. The Morgan fingerprint density at radius 1 is 0.949 bits per heavy atom. The minimum Gasteiger partial charge on any atom is -0.507 e. The van der Waals surface area contributed by atoms with Gasteiger partial charge in [-0.25, -0.2) is 9.98 Å². The van der Waals surface area contributed by atoms with Gasteiger partial charge < -0.3 is 15.2 Å². The lowest BCUT2D eigenvalue weighted by Crippen LogP contribution is -2.18. The van der Waals surface area contributed by atoms with E-state index in [1.807, 2.05) is 31.5 Å². The number of aliphatic imine (C=N–C) groups is 1. The van der Waals surface area contributed by atoms with Gasteiger partial charge in [-0.2, -0.15) is 0 Å². The topological polar surface area (TPSA) is 71.7 Å². The second-order valence-corrected chi connectivity index (χ2v) is 11.3. The molecular weight excluding hydrogens is 484 g/mol. The Kier molecular flexibility index (Phi) is 10.8. The molecule has 4 rings (SSSR count). The molecule has 212 valence electrons. The van der Waals surface area contributed by atoms with Gasteiger partial charge in [0.15, 0.2) is 6.23 Å². The molecule has 0 radical (unpaired) electrons. The minimum absolute atomic E-state index is 0.331. The van der Waals surface area contributed by atoms with E-state index in [0.29, 0.717) is 11.7 Å². The molecule has 1 aliphatic rings. The summed E-state index contributed by atoms with van der Waals surface area (Å²) in [6.45, 7) is 9.28. The molecule has 39 heavy (non-hydrogen) atoms. The lowest BCUT2D eigenvalue weighted by Gasteiger charge is -2.23. The van der Waals surface area contributed by atoms with Crippen LogP contribution in [0.15, 0.2) is 35.6 Å². The van der Waals surface area contributed by atoms with Gasteiger partial charge in [0.2, 0.25) is 0 Å². The number of aryl methyl sites for hydroxylation is 2. The van der Waals surface area contributed by atoms with Crippen LogP contribution in [0.1, 0.15) is 114 Å². The van der Waals surface area contributed by atoms with Gasteiger partial charge in [0.1, 0.15) is 23.6 Å². The molecule has 2 unspecified atom stereocenters. The maximum absolute atomic E-state index is 10.7. The Labute approximate surface area is 234 Å². The number of anilines is 1. The molecule has 1 aliphatic heterocycles. The first-order valence-corrected chi connectivity index (χ1v) is 15.2. The molecule has 0 saturated carbocycles. The smallest absolute Gasteiger partial charge is 0.196 e. The largest absolute Gasteiger partial charge is 0.507 e. The first kappa shape index (κ1) is 29.1. The third-order valence-corrected chi connectivity index (χ3v) is 8.13.